The summed E-state index contributed by atoms with van der Waals surface area (Å²) >= 11 is 0. The smallest absolute Gasteiger partial charge is 0.163 e. The van der Waals surface area contributed by atoms with Gasteiger partial charge in [0.15, 0.2) is 5.78 Å². The molecule has 90 valence electrons. The lowest BCUT2D eigenvalue weighted by Crippen LogP contribution is -2.08. The summed E-state index contributed by atoms with van der Waals surface area (Å²) in [7, 11) is 0. The molecule has 0 aliphatic rings. The van der Waals surface area contributed by atoms with Gasteiger partial charge in [0, 0.05) is 17.9 Å². The van der Waals surface area contributed by atoms with E-state index in [9.17, 15) is 9.59 Å². The molecule has 0 spiro atoms. The van der Waals surface area contributed by atoms with Crippen molar-refractivity contribution in [2.45, 2.75) is 12.3 Å². The molecule has 0 N–H and O–H groups in total. The van der Waals surface area contributed by atoms with Crippen LogP contribution in [-0.2, 0) is 4.79 Å². The Morgan fingerprint density at radius 1 is 0.944 bits per heavy atom. The maximum absolute atomic E-state index is 12.0. The standard InChI is InChI=1S/C16H14O2/c17-12-15(13-7-3-1-4-8-13)11-16(18)14-9-5-2-6-10-14/h1-10,12,15H,11H2/t15-/m0/s1. The van der Waals surface area contributed by atoms with Crippen LogP contribution in [-0.4, -0.2) is 12.1 Å². The normalized spacial score (nSPS) is 11.8. The number of carbonyl (C=O) groups excluding carboxylic acids is 2. The van der Waals surface area contributed by atoms with E-state index >= 15 is 0 Å². The van der Waals surface area contributed by atoms with Crippen LogP contribution in [0.25, 0.3) is 0 Å². The minimum atomic E-state index is -0.362. The van der Waals surface area contributed by atoms with E-state index in [4.69, 9.17) is 0 Å². The summed E-state index contributed by atoms with van der Waals surface area (Å²) in [5.74, 6) is -0.365. The van der Waals surface area contributed by atoms with Gasteiger partial charge in [-0.05, 0) is 5.56 Å². The Morgan fingerprint density at radius 3 is 2.06 bits per heavy atom. The molecule has 2 aromatic carbocycles. The van der Waals surface area contributed by atoms with E-state index in [2.05, 4.69) is 0 Å². The maximum Gasteiger partial charge on any atom is 0.163 e. The van der Waals surface area contributed by atoms with Gasteiger partial charge in [-0.25, -0.2) is 0 Å². The molecule has 0 amide bonds. The van der Waals surface area contributed by atoms with E-state index in [1.54, 1.807) is 12.1 Å². The molecule has 0 radical (unpaired) electrons. The molecule has 0 aromatic heterocycles. The van der Waals surface area contributed by atoms with Crippen molar-refractivity contribution in [1.82, 2.24) is 0 Å². The second-order valence-electron chi connectivity index (χ2n) is 4.15. The zero-order valence-electron chi connectivity index (χ0n) is 9.95. The highest BCUT2D eigenvalue weighted by Gasteiger charge is 2.15. The van der Waals surface area contributed by atoms with Gasteiger partial charge in [-0.1, -0.05) is 60.7 Å². The Hall–Kier alpha value is -2.22. The van der Waals surface area contributed by atoms with Gasteiger partial charge in [0.2, 0.25) is 0 Å². The van der Waals surface area contributed by atoms with Crippen molar-refractivity contribution < 1.29 is 9.59 Å². The summed E-state index contributed by atoms with van der Waals surface area (Å²) in [4.78, 5) is 23.1. The van der Waals surface area contributed by atoms with Crippen molar-refractivity contribution in [2.24, 2.45) is 0 Å². The molecule has 18 heavy (non-hydrogen) atoms. The average Bonchev–Trinajstić information content (AvgIpc) is 2.46. The van der Waals surface area contributed by atoms with Crippen molar-refractivity contribution >= 4 is 12.1 Å². The summed E-state index contributed by atoms with van der Waals surface area (Å²) in [5, 5.41) is 0. The predicted octanol–water partition coefficient (Wildman–Crippen LogP) is 3.24. The molecule has 0 unspecified atom stereocenters. The Labute approximate surface area is 106 Å². The van der Waals surface area contributed by atoms with Crippen molar-refractivity contribution in [3.05, 3.63) is 71.8 Å². The average molecular weight is 238 g/mol. The molecule has 0 aliphatic carbocycles. The van der Waals surface area contributed by atoms with Crippen LogP contribution in [0, 0.1) is 0 Å². The highest BCUT2D eigenvalue weighted by atomic mass is 16.1. The molecule has 2 aromatic rings. The van der Waals surface area contributed by atoms with Gasteiger partial charge >= 0.3 is 0 Å². The van der Waals surface area contributed by atoms with E-state index in [-0.39, 0.29) is 18.1 Å². The van der Waals surface area contributed by atoms with Gasteiger partial charge in [-0.15, -0.1) is 0 Å². The minimum absolute atomic E-state index is 0.00319. The van der Waals surface area contributed by atoms with Crippen LogP contribution in [0.15, 0.2) is 60.7 Å². The molecule has 0 saturated carbocycles. The van der Waals surface area contributed by atoms with Crippen LogP contribution in [0.4, 0.5) is 0 Å². The molecule has 0 fully saturated rings. The van der Waals surface area contributed by atoms with Gasteiger partial charge < -0.3 is 4.79 Å². The fraction of sp³-hybridized carbons (Fsp3) is 0.125. The summed E-state index contributed by atoms with van der Waals surface area (Å²) in [6, 6.07) is 18.4. The van der Waals surface area contributed by atoms with Crippen LogP contribution >= 0.6 is 0 Å². The number of hydrogen-bond donors (Lipinski definition) is 0. The quantitative estimate of drug-likeness (QED) is 0.592. The first-order chi connectivity index (χ1) is 8.81. The molecule has 0 aliphatic heterocycles. The number of benzene rings is 2. The zero-order chi connectivity index (χ0) is 12.8. The third-order valence-electron chi connectivity index (χ3n) is 2.89. The Bertz CT molecular complexity index is 517. The number of rotatable bonds is 5. The van der Waals surface area contributed by atoms with Gasteiger partial charge in [0.1, 0.15) is 6.29 Å². The first-order valence-electron chi connectivity index (χ1n) is 5.90. The number of aldehydes is 1. The zero-order valence-corrected chi connectivity index (χ0v) is 9.95. The number of carbonyl (C=O) groups is 2. The van der Waals surface area contributed by atoms with E-state index in [1.807, 2.05) is 48.5 Å². The van der Waals surface area contributed by atoms with E-state index < -0.39 is 0 Å². The third kappa shape index (κ3) is 2.92. The molecule has 2 heteroatoms. The van der Waals surface area contributed by atoms with Crippen LogP contribution < -0.4 is 0 Å². The van der Waals surface area contributed by atoms with Gasteiger partial charge in [0.25, 0.3) is 0 Å². The lowest BCUT2D eigenvalue weighted by molar-refractivity contribution is -0.109. The lowest BCUT2D eigenvalue weighted by Gasteiger charge is -2.09. The highest BCUT2D eigenvalue weighted by molar-refractivity contribution is 5.98. The lowest BCUT2D eigenvalue weighted by atomic mass is 9.93. The van der Waals surface area contributed by atoms with Crippen molar-refractivity contribution in [3.63, 3.8) is 0 Å². The second kappa shape index (κ2) is 5.92. The van der Waals surface area contributed by atoms with E-state index in [1.165, 1.54) is 0 Å². The van der Waals surface area contributed by atoms with Gasteiger partial charge in [-0.2, -0.15) is 0 Å². The largest absolute Gasteiger partial charge is 0.303 e. The Morgan fingerprint density at radius 2 is 1.50 bits per heavy atom. The Kier molecular flexibility index (Phi) is 4.02. The van der Waals surface area contributed by atoms with Gasteiger partial charge in [-0.3, -0.25) is 4.79 Å². The topological polar surface area (TPSA) is 34.1 Å². The third-order valence-corrected chi connectivity index (χ3v) is 2.89. The van der Waals surface area contributed by atoms with Crippen molar-refractivity contribution in [3.8, 4) is 0 Å². The van der Waals surface area contributed by atoms with Gasteiger partial charge in [0.05, 0.1) is 0 Å². The molecule has 2 rings (SSSR count). The van der Waals surface area contributed by atoms with E-state index in [0.29, 0.717) is 5.56 Å². The summed E-state index contributed by atoms with van der Waals surface area (Å²) in [5.41, 5.74) is 1.54. The SMILES string of the molecule is O=C[C@H](CC(=O)c1ccccc1)c1ccccc1. The van der Waals surface area contributed by atoms with Crippen molar-refractivity contribution in [1.29, 1.82) is 0 Å². The maximum atomic E-state index is 12.0. The second-order valence-corrected chi connectivity index (χ2v) is 4.15. The fourth-order valence-corrected chi connectivity index (χ4v) is 1.89. The molecule has 2 nitrogen and oxygen atoms in total. The number of ketones is 1. The summed E-state index contributed by atoms with van der Waals surface area (Å²) in [6.45, 7) is 0. The molecule has 1 atom stereocenters. The monoisotopic (exact) mass is 238 g/mol. The fourth-order valence-electron chi connectivity index (χ4n) is 1.89. The Balaban J connectivity index is 2.13. The number of hydrogen-bond acceptors (Lipinski definition) is 2. The molecule has 0 heterocycles. The van der Waals surface area contributed by atoms with Crippen molar-refractivity contribution in [2.75, 3.05) is 0 Å². The first kappa shape index (κ1) is 12.2. The summed E-state index contributed by atoms with van der Waals surface area (Å²) in [6.07, 6.45) is 1.06. The van der Waals surface area contributed by atoms with E-state index in [0.717, 1.165) is 11.8 Å². The van der Waals surface area contributed by atoms with Crippen LogP contribution in [0.1, 0.15) is 28.3 Å². The molecule has 0 saturated heterocycles. The molecular formula is C16H14O2. The first-order valence-corrected chi connectivity index (χ1v) is 5.90. The van der Waals surface area contributed by atoms with Crippen LogP contribution in [0.5, 0.6) is 0 Å². The predicted molar refractivity (Wildman–Crippen MR) is 70.6 cm³/mol. The van der Waals surface area contributed by atoms with Crippen LogP contribution in [0.2, 0.25) is 0 Å². The minimum Gasteiger partial charge on any atom is -0.303 e. The summed E-state index contributed by atoms with van der Waals surface area (Å²) < 4.78 is 0. The van der Waals surface area contributed by atoms with Crippen LogP contribution in [0.3, 0.4) is 0 Å². The molecule has 0 bridgehead atoms. The molecular weight excluding hydrogens is 224 g/mol. The highest BCUT2D eigenvalue weighted by Crippen LogP contribution is 2.19. The number of Topliss-reactive ketones (excluding diaryl/α,β-unsaturated/α-hetero) is 1.